The van der Waals surface area contributed by atoms with E-state index in [4.69, 9.17) is 20.9 Å². The normalized spacial score (nSPS) is 12.7. The number of carbonyl (C=O) groups is 1. The number of rotatable bonds is 3. The van der Waals surface area contributed by atoms with Crippen molar-refractivity contribution in [2.24, 2.45) is 5.73 Å². The molecule has 7 nitrogen and oxygen atoms in total. The second-order valence-corrected chi connectivity index (χ2v) is 5.83. The Morgan fingerprint density at radius 3 is 2.71 bits per heavy atom. The molecule has 1 aromatic carbocycles. The number of fused-ring (bicyclic) bond motifs is 1. The molecule has 110 valence electrons. The van der Waals surface area contributed by atoms with E-state index in [1.807, 2.05) is 12.1 Å². The fourth-order valence-electron chi connectivity index (χ4n) is 2.14. The Morgan fingerprint density at radius 2 is 2.10 bits per heavy atom. The van der Waals surface area contributed by atoms with Gasteiger partial charge in [-0.3, -0.25) is 9.48 Å². The number of aromatic nitrogens is 2. The van der Waals surface area contributed by atoms with Gasteiger partial charge in [0.25, 0.3) is 5.91 Å². The van der Waals surface area contributed by atoms with Gasteiger partial charge in [-0.1, -0.05) is 0 Å². The molecule has 0 spiro atoms. The number of amides is 1. The van der Waals surface area contributed by atoms with Crippen molar-refractivity contribution in [3.05, 3.63) is 32.7 Å². The molecule has 21 heavy (non-hydrogen) atoms. The second-order valence-electron chi connectivity index (χ2n) is 4.67. The van der Waals surface area contributed by atoms with Crippen LogP contribution in [0.3, 0.4) is 0 Å². The molecule has 3 rings (SSSR count). The first-order chi connectivity index (χ1) is 9.97. The minimum Gasteiger partial charge on any atom is -0.454 e. The van der Waals surface area contributed by atoms with E-state index in [2.05, 4.69) is 27.7 Å². The molecule has 0 atom stereocenters. The summed E-state index contributed by atoms with van der Waals surface area (Å²) in [6.07, 6.45) is 0. The monoisotopic (exact) mass is 400 g/mol. The Kier molecular flexibility index (Phi) is 3.40. The highest BCUT2D eigenvalue weighted by Crippen LogP contribution is 2.35. The lowest BCUT2D eigenvalue weighted by Crippen LogP contribution is -2.14. The van der Waals surface area contributed by atoms with Gasteiger partial charge in [-0.25, -0.2) is 0 Å². The molecule has 2 aromatic rings. The van der Waals surface area contributed by atoms with E-state index < -0.39 is 5.91 Å². The number of carbonyl (C=O) groups excluding carboxylic acids is 1. The molecule has 0 aliphatic carbocycles. The van der Waals surface area contributed by atoms with Crippen molar-refractivity contribution < 1.29 is 14.3 Å². The van der Waals surface area contributed by atoms with Crippen LogP contribution in [-0.4, -0.2) is 22.5 Å². The summed E-state index contributed by atoms with van der Waals surface area (Å²) in [5, 5.41) is 4.18. The average molecular weight is 400 g/mol. The van der Waals surface area contributed by atoms with Crippen molar-refractivity contribution in [2.45, 2.75) is 13.5 Å². The lowest BCUT2D eigenvalue weighted by molar-refractivity contribution is 0.0995. The molecule has 0 saturated heterocycles. The molecule has 0 bridgehead atoms. The molecular weight excluding hydrogens is 387 g/mol. The van der Waals surface area contributed by atoms with Crippen LogP contribution in [0.4, 0.5) is 5.69 Å². The standard InChI is InChI=1S/C13H13IN4O3/c1-6-11(15)12(13(16)19)17-18(6)4-7-2-9-10(3-8(7)14)21-5-20-9/h2-3H,4-5,15H2,1H3,(H2,16,19). The van der Waals surface area contributed by atoms with E-state index in [1.54, 1.807) is 11.6 Å². The fraction of sp³-hybridized carbons (Fsp3) is 0.231. The summed E-state index contributed by atoms with van der Waals surface area (Å²) in [6.45, 7) is 2.50. The zero-order valence-corrected chi connectivity index (χ0v) is 13.4. The molecule has 1 aliphatic rings. The van der Waals surface area contributed by atoms with Gasteiger partial charge in [0.2, 0.25) is 6.79 Å². The number of nitrogens with two attached hydrogens (primary N) is 2. The third-order valence-electron chi connectivity index (χ3n) is 3.35. The Labute approximate surface area is 134 Å². The van der Waals surface area contributed by atoms with Crippen molar-refractivity contribution in [1.29, 1.82) is 0 Å². The summed E-state index contributed by atoms with van der Waals surface area (Å²) < 4.78 is 13.4. The second kappa shape index (κ2) is 5.10. The van der Waals surface area contributed by atoms with Gasteiger partial charge in [0.15, 0.2) is 17.2 Å². The highest BCUT2D eigenvalue weighted by Gasteiger charge is 2.19. The summed E-state index contributed by atoms with van der Waals surface area (Å²) in [7, 11) is 0. The fourth-order valence-corrected chi connectivity index (χ4v) is 2.75. The van der Waals surface area contributed by atoms with Crippen molar-refractivity contribution >= 4 is 34.2 Å². The topological polar surface area (TPSA) is 105 Å². The first kappa shape index (κ1) is 14.0. The van der Waals surface area contributed by atoms with E-state index in [0.29, 0.717) is 23.7 Å². The Morgan fingerprint density at radius 1 is 1.43 bits per heavy atom. The number of primary amides is 1. The molecule has 1 amide bonds. The van der Waals surface area contributed by atoms with Gasteiger partial charge in [0, 0.05) is 3.57 Å². The van der Waals surface area contributed by atoms with Crippen LogP contribution in [0.1, 0.15) is 21.7 Å². The number of nitrogen functional groups attached to an aromatic ring is 1. The average Bonchev–Trinajstić information content (AvgIpc) is 2.98. The molecule has 0 unspecified atom stereocenters. The van der Waals surface area contributed by atoms with Crippen LogP contribution < -0.4 is 20.9 Å². The molecule has 0 saturated carbocycles. The van der Waals surface area contributed by atoms with Crippen LogP contribution in [0.15, 0.2) is 12.1 Å². The van der Waals surface area contributed by atoms with Crippen molar-refractivity contribution in [1.82, 2.24) is 9.78 Å². The third-order valence-corrected chi connectivity index (χ3v) is 4.35. The first-order valence-corrected chi connectivity index (χ1v) is 7.26. The van der Waals surface area contributed by atoms with Crippen LogP contribution in [0.2, 0.25) is 0 Å². The minimum atomic E-state index is -0.630. The van der Waals surface area contributed by atoms with Crippen LogP contribution in [0.5, 0.6) is 11.5 Å². The van der Waals surface area contributed by atoms with E-state index in [9.17, 15) is 4.79 Å². The van der Waals surface area contributed by atoms with Crippen molar-refractivity contribution in [3.63, 3.8) is 0 Å². The maximum Gasteiger partial charge on any atom is 0.271 e. The van der Waals surface area contributed by atoms with Crippen molar-refractivity contribution in [2.75, 3.05) is 12.5 Å². The number of hydrogen-bond acceptors (Lipinski definition) is 5. The predicted octanol–water partition coefficient (Wildman–Crippen LogP) is 1.25. The lowest BCUT2D eigenvalue weighted by atomic mass is 10.2. The quantitative estimate of drug-likeness (QED) is 0.755. The van der Waals surface area contributed by atoms with E-state index >= 15 is 0 Å². The zero-order chi connectivity index (χ0) is 15.1. The number of ether oxygens (including phenoxy) is 2. The minimum absolute atomic E-state index is 0.100. The zero-order valence-electron chi connectivity index (χ0n) is 11.2. The summed E-state index contributed by atoms with van der Waals surface area (Å²) in [6, 6.07) is 3.82. The summed E-state index contributed by atoms with van der Waals surface area (Å²) in [4.78, 5) is 11.3. The van der Waals surface area contributed by atoms with Crippen LogP contribution >= 0.6 is 22.6 Å². The van der Waals surface area contributed by atoms with Gasteiger partial charge in [-0.2, -0.15) is 5.10 Å². The van der Waals surface area contributed by atoms with E-state index in [1.165, 1.54) is 0 Å². The van der Waals surface area contributed by atoms with Gasteiger partial charge in [-0.05, 0) is 47.2 Å². The largest absolute Gasteiger partial charge is 0.454 e. The van der Waals surface area contributed by atoms with E-state index in [0.717, 1.165) is 14.9 Å². The number of hydrogen-bond donors (Lipinski definition) is 2. The van der Waals surface area contributed by atoms with Gasteiger partial charge in [0.05, 0.1) is 17.9 Å². The van der Waals surface area contributed by atoms with Gasteiger partial charge in [-0.15, -0.1) is 0 Å². The lowest BCUT2D eigenvalue weighted by Gasteiger charge is -2.08. The summed E-state index contributed by atoms with van der Waals surface area (Å²) >= 11 is 2.22. The highest BCUT2D eigenvalue weighted by molar-refractivity contribution is 14.1. The van der Waals surface area contributed by atoms with Gasteiger partial charge in [0.1, 0.15) is 0 Å². The first-order valence-electron chi connectivity index (χ1n) is 6.18. The number of anilines is 1. The molecule has 0 fully saturated rings. The number of halogens is 1. The molecule has 1 aliphatic heterocycles. The molecule has 0 radical (unpaired) electrons. The van der Waals surface area contributed by atoms with Crippen LogP contribution in [-0.2, 0) is 6.54 Å². The van der Waals surface area contributed by atoms with Crippen molar-refractivity contribution in [3.8, 4) is 11.5 Å². The highest BCUT2D eigenvalue weighted by atomic mass is 127. The smallest absolute Gasteiger partial charge is 0.271 e. The third kappa shape index (κ3) is 2.39. The number of benzene rings is 1. The van der Waals surface area contributed by atoms with Gasteiger partial charge < -0.3 is 20.9 Å². The maximum absolute atomic E-state index is 11.3. The summed E-state index contributed by atoms with van der Waals surface area (Å²) in [5.74, 6) is 0.811. The summed E-state index contributed by atoms with van der Waals surface area (Å²) in [5.41, 5.74) is 13.2. The molecule has 1 aromatic heterocycles. The SMILES string of the molecule is Cc1c(N)c(C(N)=O)nn1Cc1cc2c(cc1I)OCO2. The Bertz CT molecular complexity index is 742. The van der Waals surface area contributed by atoms with E-state index in [-0.39, 0.29) is 12.5 Å². The molecule has 2 heterocycles. The van der Waals surface area contributed by atoms with Crippen LogP contribution in [0.25, 0.3) is 0 Å². The predicted molar refractivity (Wildman–Crippen MR) is 84.3 cm³/mol. The number of nitrogens with zero attached hydrogens (tertiary/aromatic N) is 2. The maximum atomic E-state index is 11.3. The Balaban J connectivity index is 1.98. The molecular formula is C13H13IN4O3. The van der Waals surface area contributed by atoms with Crippen LogP contribution in [0, 0.1) is 10.5 Å². The Hall–Kier alpha value is -1.97. The molecule has 4 N–H and O–H groups in total. The molecule has 8 heteroatoms. The van der Waals surface area contributed by atoms with Gasteiger partial charge >= 0.3 is 0 Å².